The number of hydrogen-bond acceptors (Lipinski definition) is 1. The summed E-state index contributed by atoms with van der Waals surface area (Å²) in [6, 6.07) is 15.1. The van der Waals surface area contributed by atoms with Crippen molar-refractivity contribution in [1.29, 1.82) is 0 Å². The van der Waals surface area contributed by atoms with Gasteiger partial charge in [-0.2, -0.15) is 8.78 Å². The van der Waals surface area contributed by atoms with Crippen LogP contribution in [0.2, 0.25) is 0 Å². The van der Waals surface area contributed by atoms with Crippen molar-refractivity contribution in [2.24, 2.45) is 0 Å². The van der Waals surface area contributed by atoms with Gasteiger partial charge in [0, 0.05) is 0 Å². The molecule has 1 nitrogen and oxygen atoms in total. The molecule has 3 heteroatoms. The van der Waals surface area contributed by atoms with Gasteiger partial charge in [0.2, 0.25) is 0 Å². The van der Waals surface area contributed by atoms with Crippen LogP contribution in [0.4, 0.5) is 8.78 Å². The lowest BCUT2D eigenvalue weighted by molar-refractivity contribution is -0.0498. The van der Waals surface area contributed by atoms with E-state index in [1.54, 1.807) is 24.3 Å². The van der Waals surface area contributed by atoms with E-state index in [4.69, 9.17) is 0 Å². The summed E-state index contributed by atoms with van der Waals surface area (Å²) in [6.45, 7) is -0.607. The molecule has 2 aromatic rings. The van der Waals surface area contributed by atoms with Gasteiger partial charge in [-0.1, -0.05) is 49.7 Å². The van der Waals surface area contributed by atoms with Crippen molar-refractivity contribution in [3.05, 3.63) is 54.1 Å². The highest BCUT2D eigenvalue weighted by molar-refractivity contribution is 5.64. The van der Waals surface area contributed by atoms with Crippen molar-refractivity contribution in [1.82, 2.24) is 0 Å². The van der Waals surface area contributed by atoms with Gasteiger partial charge in [-0.25, -0.2) is 0 Å². The Morgan fingerprint density at radius 1 is 1.00 bits per heavy atom. The van der Waals surface area contributed by atoms with Gasteiger partial charge in [-0.15, -0.1) is 0 Å². The van der Waals surface area contributed by atoms with Crippen LogP contribution in [0.3, 0.4) is 0 Å². The molecule has 0 bridgehead atoms. The van der Waals surface area contributed by atoms with Crippen LogP contribution in [0, 0.1) is 0 Å². The predicted octanol–water partition coefficient (Wildman–Crippen LogP) is 5.30. The second-order valence-corrected chi connectivity index (χ2v) is 4.71. The van der Waals surface area contributed by atoms with Gasteiger partial charge in [0.25, 0.3) is 0 Å². The van der Waals surface area contributed by atoms with E-state index in [9.17, 15) is 8.78 Å². The minimum atomic E-state index is -2.78. The minimum Gasteiger partial charge on any atom is -0.435 e. The first kappa shape index (κ1) is 14.5. The number of aryl methyl sites for hydroxylation is 1. The molecule has 0 atom stereocenters. The molecule has 0 radical (unpaired) electrons. The maximum Gasteiger partial charge on any atom is 0.387 e. The highest BCUT2D eigenvalue weighted by Gasteiger charge is 2.04. The summed E-state index contributed by atoms with van der Waals surface area (Å²) >= 11 is 0. The number of benzene rings is 2. The van der Waals surface area contributed by atoms with Crippen LogP contribution >= 0.6 is 0 Å². The summed E-state index contributed by atoms with van der Waals surface area (Å²) in [7, 11) is 0. The zero-order valence-corrected chi connectivity index (χ0v) is 11.5. The molecule has 2 rings (SSSR count). The third-order valence-corrected chi connectivity index (χ3v) is 3.16. The van der Waals surface area contributed by atoms with Gasteiger partial charge in [0.1, 0.15) is 5.75 Å². The van der Waals surface area contributed by atoms with Crippen molar-refractivity contribution >= 4 is 0 Å². The molecule has 0 unspecified atom stereocenters. The molecule has 0 aliphatic carbocycles. The molecule has 2 aromatic carbocycles. The van der Waals surface area contributed by atoms with Gasteiger partial charge < -0.3 is 4.74 Å². The summed E-state index contributed by atoms with van der Waals surface area (Å²) in [6.07, 6.45) is 3.41. The third kappa shape index (κ3) is 4.05. The maximum absolute atomic E-state index is 12.1. The van der Waals surface area contributed by atoms with E-state index in [2.05, 4.69) is 23.8 Å². The molecular formula is C17H18F2O. The number of ether oxygens (including phenoxy) is 1. The quantitative estimate of drug-likeness (QED) is 0.696. The van der Waals surface area contributed by atoms with Crippen molar-refractivity contribution in [2.45, 2.75) is 32.8 Å². The summed E-state index contributed by atoms with van der Waals surface area (Å²) in [5.41, 5.74) is 3.41. The van der Waals surface area contributed by atoms with Crippen LogP contribution in [-0.4, -0.2) is 6.61 Å². The van der Waals surface area contributed by atoms with Crippen molar-refractivity contribution in [3.8, 4) is 16.9 Å². The normalized spacial score (nSPS) is 10.8. The van der Waals surface area contributed by atoms with Gasteiger partial charge in [-0.3, -0.25) is 0 Å². The Hall–Kier alpha value is -1.90. The van der Waals surface area contributed by atoms with Crippen LogP contribution in [0.25, 0.3) is 11.1 Å². The van der Waals surface area contributed by atoms with E-state index in [-0.39, 0.29) is 5.75 Å². The smallest absolute Gasteiger partial charge is 0.387 e. The number of unbranched alkanes of at least 4 members (excludes halogenated alkanes) is 1. The molecule has 0 aromatic heterocycles. The third-order valence-electron chi connectivity index (χ3n) is 3.16. The standard InChI is InChI=1S/C17H18F2O/c1-2-3-5-13-6-4-7-15(12-13)14-8-10-16(11-9-14)20-17(18)19/h4,6-12,17H,2-3,5H2,1H3. The van der Waals surface area contributed by atoms with E-state index in [0.29, 0.717) is 0 Å². The largest absolute Gasteiger partial charge is 0.435 e. The lowest BCUT2D eigenvalue weighted by Crippen LogP contribution is -2.01. The first-order chi connectivity index (χ1) is 9.69. The van der Waals surface area contributed by atoms with E-state index in [1.165, 1.54) is 18.4 Å². The summed E-state index contributed by atoms with van der Waals surface area (Å²) in [5, 5.41) is 0. The molecule has 0 fully saturated rings. The topological polar surface area (TPSA) is 9.23 Å². The zero-order valence-electron chi connectivity index (χ0n) is 11.5. The molecule has 0 aliphatic heterocycles. The molecule has 0 saturated heterocycles. The van der Waals surface area contributed by atoms with Crippen LogP contribution in [-0.2, 0) is 6.42 Å². The Morgan fingerprint density at radius 2 is 1.75 bits per heavy atom. The van der Waals surface area contributed by atoms with E-state index in [1.807, 2.05) is 12.1 Å². The Morgan fingerprint density at radius 3 is 2.40 bits per heavy atom. The molecule has 0 aliphatic rings. The first-order valence-electron chi connectivity index (χ1n) is 6.83. The SMILES string of the molecule is CCCCc1cccc(-c2ccc(OC(F)F)cc2)c1. The molecule has 106 valence electrons. The van der Waals surface area contributed by atoms with Gasteiger partial charge in [0.05, 0.1) is 0 Å². The summed E-state index contributed by atoms with van der Waals surface area (Å²) in [5.74, 6) is 0.186. The number of hydrogen-bond donors (Lipinski definition) is 0. The van der Waals surface area contributed by atoms with Crippen molar-refractivity contribution in [2.75, 3.05) is 0 Å². The number of alkyl halides is 2. The lowest BCUT2D eigenvalue weighted by Gasteiger charge is -2.07. The fourth-order valence-electron chi connectivity index (χ4n) is 2.12. The van der Waals surface area contributed by atoms with Crippen molar-refractivity contribution in [3.63, 3.8) is 0 Å². The highest BCUT2D eigenvalue weighted by atomic mass is 19.3. The monoisotopic (exact) mass is 276 g/mol. The zero-order chi connectivity index (χ0) is 14.4. The van der Waals surface area contributed by atoms with E-state index in [0.717, 1.165) is 17.5 Å². The molecule has 0 saturated carbocycles. The average Bonchev–Trinajstić information content (AvgIpc) is 2.45. The van der Waals surface area contributed by atoms with Crippen LogP contribution in [0.15, 0.2) is 48.5 Å². The fraction of sp³-hybridized carbons (Fsp3) is 0.294. The molecule has 20 heavy (non-hydrogen) atoms. The molecule has 0 heterocycles. The van der Waals surface area contributed by atoms with Crippen LogP contribution in [0.1, 0.15) is 25.3 Å². The second kappa shape index (κ2) is 7.04. The lowest BCUT2D eigenvalue weighted by atomic mass is 10.0. The molecule has 0 spiro atoms. The van der Waals surface area contributed by atoms with E-state index < -0.39 is 6.61 Å². The van der Waals surface area contributed by atoms with Gasteiger partial charge >= 0.3 is 6.61 Å². The van der Waals surface area contributed by atoms with Crippen molar-refractivity contribution < 1.29 is 13.5 Å². The Kier molecular flexibility index (Phi) is 5.10. The highest BCUT2D eigenvalue weighted by Crippen LogP contribution is 2.24. The number of halogens is 2. The fourth-order valence-corrected chi connectivity index (χ4v) is 2.12. The van der Waals surface area contributed by atoms with Gasteiger partial charge in [0.15, 0.2) is 0 Å². The molecule has 0 N–H and O–H groups in total. The number of rotatable bonds is 6. The van der Waals surface area contributed by atoms with E-state index >= 15 is 0 Å². The predicted molar refractivity (Wildman–Crippen MR) is 77.1 cm³/mol. The first-order valence-corrected chi connectivity index (χ1v) is 6.83. The second-order valence-electron chi connectivity index (χ2n) is 4.71. The van der Waals surface area contributed by atoms with Crippen LogP contribution < -0.4 is 4.74 Å². The summed E-state index contributed by atoms with van der Waals surface area (Å²) in [4.78, 5) is 0. The molecular weight excluding hydrogens is 258 g/mol. The Labute approximate surface area is 118 Å². The Balaban J connectivity index is 2.14. The molecule has 0 amide bonds. The maximum atomic E-state index is 12.1. The van der Waals surface area contributed by atoms with Gasteiger partial charge in [-0.05, 0) is 41.7 Å². The minimum absolute atomic E-state index is 0.186. The average molecular weight is 276 g/mol. The van der Waals surface area contributed by atoms with Crippen LogP contribution in [0.5, 0.6) is 5.75 Å². The summed E-state index contributed by atoms with van der Waals surface area (Å²) < 4.78 is 28.5. The Bertz CT molecular complexity index is 535.